The Morgan fingerprint density at radius 3 is 3.22 bits per heavy atom. The summed E-state index contributed by atoms with van der Waals surface area (Å²) in [6.45, 7) is 4.58. The maximum absolute atomic E-state index is 3.37. The maximum atomic E-state index is 3.37. The molecule has 1 saturated heterocycles. The van der Waals surface area contributed by atoms with Crippen molar-refractivity contribution in [1.29, 1.82) is 0 Å². The van der Waals surface area contributed by atoms with Crippen LogP contribution >= 0.6 is 11.8 Å². The second-order valence-electron chi connectivity index (χ2n) is 2.26. The van der Waals surface area contributed by atoms with Crippen molar-refractivity contribution in [2.75, 3.05) is 18.8 Å². The SMILES string of the molecule is CC[CH]C1CNCCS1. The van der Waals surface area contributed by atoms with E-state index in [1.807, 2.05) is 0 Å². The average Bonchev–Trinajstić information content (AvgIpc) is 1.91. The van der Waals surface area contributed by atoms with E-state index < -0.39 is 0 Å². The topological polar surface area (TPSA) is 12.0 Å². The second kappa shape index (κ2) is 4.18. The van der Waals surface area contributed by atoms with E-state index in [9.17, 15) is 0 Å². The number of hydrogen-bond acceptors (Lipinski definition) is 2. The lowest BCUT2D eigenvalue weighted by Gasteiger charge is -2.21. The van der Waals surface area contributed by atoms with Gasteiger partial charge in [-0.25, -0.2) is 0 Å². The first-order chi connectivity index (χ1) is 4.43. The summed E-state index contributed by atoms with van der Waals surface area (Å²) >= 11 is 2.07. The summed E-state index contributed by atoms with van der Waals surface area (Å²) in [6, 6.07) is 0. The van der Waals surface area contributed by atoms with Crippen LogP contribution in [0.1, 0.15) is 13.3 Å². The molecule has 1 unspecified atom stereocenters. The van der Waals surface area contributed by atoms with Crippen LogP contribution in [0.5, 0.6) is 0 Å². The van der Waals surface area contributed by atoms with E-state index in [2.05, 4.69) is 30.4 Å². The molecule has 2 heteroatoms. The Hall–Kier alpha value is 0.310. The molecule has 1 atom stereocenters. The Kier molecular flexibility index (Phi) is 3.44. The molecule has 1 radical (unpaired) electrons. The van der Waals surface area contributed by atoms with Crippen LogP contribution in [-0.2, 0) is 0 Å². The summed E-state index contributed by atoms with van der Waals surface area (Å²) in [5, 5.41) is 4.15. The maximum Gasteiger partial charge on any atom is 0.0204 e. The van der Waals surface area contributed by atoms with Crippen molar-refractivity contribution in [2.24, 2.45) is 0 Å². The first kappa shape index (κ1) is 7.42. The molecule has 0 spiro atoms. The van der Waals surface area contributed by atoms with Gasteiger partial charge in [0.25, 0.3) is 0 Å². The van der Waals surface area contributed by atoms with E-state index in [-0.39, 0.29) is 0 Å². The van der Waals surface area contributed by atoms with E-state index in [1.54, 1.807) is 0 Å². The third-order valence-electron chi connectivity index (χ3n) is 1.45. The monoisotopic (exact) mass is 144 g/mol. The first-order valence-corrected chi connectivity index (χ1v) is 4.64. The molecule has 0 aromatic carbocycles. The third kappa shape index (κ3) is 2.59. The van der Waals surface area contributed by atoms with Gasteiger partial charge in [-0.15, -0.1) is 0 Å². The highest BCUT2D eigenvalue weighted by atomic mass is 32.2. The fourth-order valence-corrected chi connectivity index (χ4v) is 2.13. The molecule has 0 amide bonds. The van der Waals surface area contributed by atoms with Crippen LogP contribution in [0.4, 0.5) is 0 Å². The van der Waals surface area contributed by atoms with Gasteiger partial charge in [-0.3, -0.25) is 0 Å². The van der Waals surface area contributed by atoms with Gasteiger partial charge in [0, 0.05) is 24.1 Å². The van der Waals surface area contributed by atoms with Crippen LogP contribution in [-0.4, -0.2) is 24.1 Å². The highest BCUT2D eigenvalue weighted by Crippen LogP contribution is 2.16. The van der Waals surface area contributed by atoms with Crippen molar-refractivity contribution >= 4 is 11.8 Å². The van der Waals surface area contributed by atoms with Crippen LogP contribution in [0, 0.1) is 6.42 Å². The molecule has 1 N–H and O–H groups in total. The van der Waals surface area contributed by atoms with E-state index in [1.165, 1.54) is 25.3 Å². The quantitative estimate of drug-likeness (QED) is 0.627. The third-order valence-corrected chi connectivity index (χ3v) is 2.68. The minimum atomic E-state index is 0.781. The van der Waals surface area contributed by atoms with E-state index >= 15 is 0 Å². The molecule has 0 bridgehead atoms. The summed E-state index contributed by atoms with van der Waals surface area (Å²) in [6.07, 6.45) is 3.59. The zero-order valence-corrected chi connectivity index (χ0v) is 6.71. The van der Waals surface area contributed by atoms with Crippen LogP contribution in [0.3, 0.4) is 0 Å². The van der Waals surface area contributed by atoms with Crippen molar-refractivity contribution in [1.82, 2.24) is 5.32 Å². The summed E-state index contributed by atoms with van der Waals surface area (Å²) in [4.78, 5) is 0. The smallest absolute Gasteiger partial charge is 0.0204 e. The lowest BCUT2D eigenvalue weighted by Crippen LogP contribution is -2.32. The number of rotatable bonds is 2. The fraction of sp³-hybridized carbons (Fsp3) is 0.857. The van der Waals surface area contributed by atoms with Gasteiger partial charge in [-0.2, -0.15) is 11.8 Å². The molecule has 1 aliphatic rings. The predicted molar refractivity (Wildman–Crippen MR) is 43.7 cm³/mol. The lowest BCUT2D eigenvalue weighted by atomic mass is 10.2. The Labute approximate surface area is 61.6 Å². The molecule has 1 rings (SSSR count). The molecule has 0 aromatic rings. The van der Waals surface area contributed by atoms with Crippen LogP contribution in [0.2, 0.25) is 0 Å². The van der Waals surface area contributed by atoms with Crippen molar-refractivity contribution in [2.45, 2.75) is 18.6 Å². The average molecular weight is 144 g/mol. The molecule has 0 aliphatic carbocycles. The van der Waals surface area contributed by atoms with Crippen molar-refractivity contribution in [3.63, 3.8) is 0 Å². The molecular weight excluding hydrogens is 130 g/mol. The molecule has 1 nitrogen and oxygen atoms in total. The fourth-order valence-electron chi connectivity index (χ4n) is 1.000. The molecule has 0 aromatic heterocycles. The number of thioether (sulfide) groups is 1. The van der Waals surface area contributed by atoms with Gasteiger partial charge in [-0.05, 0) is 6.42 Å². The Bertz CT molecular complexity index is 66.6. The summed E-state index contributed by atoms with van der Waals surface area (Å²) in [7, 11) is 0. The van der Waals surface area contributed by atoms with Crippen molar-refractivity contribution in [3.05, 3.63) is 6.42 Å². The van der Waals surface area contributed by atoms with E-state index in [4.69, 9.17) is 0 Å². The summed E-state index contributed by atoms with van der Waals surface area (Å²) in [5.74, 6) is 1.28. The normalized spacial score (nSPS) is 28.3. The number of hydrogen-bond donors (Lipinski definition) is 1. The zero-order chi connectivity index (χ0) is 6.53. The van der Waals surface area contributed by atoms with Gasteiger partial charge in [0.15, 0.2) is 0 Å². The van der Waals surface area contributed by atoms with Crippen molar-refractivity contribution < 1.29 is 0 Å². The lowest BCUT2D eigenvalue weighted by molar-refractivity contribution is 0.693. The number of nitrogens with one attached hydrogen (secondary N) is 1. The summed E-state index contributed by atoms with van der Waals surface area (Å²) < 4.78 is 0. The van der Waals surface area contributed by atoms with Crippen LogP contribution < -0.4 is 5.32 Å². The molecule has 0 saturated carbocycles. The van der Waals surface area contributed by atoms with Gasteiger partial charge in [0.1, 0.15) is 0 Å². The standard InChI is InChI=1S/C7H14NS/c1-2-3-7-6-8-4-5-9-7/h3,7-8H,2,4-6H2,1H3. The first-order valence-electron chi connectivity index (χ1n) is 3.59. The minimum absolute atomic E-state index is 0.781. The van der Waals surface area contributed by atoms with Gasteiger partial charge >= 0.3 is 0 Å². The highest BCUT2D eigenvalue weighted by Gasteiger charge is 2.11. The predicted octanol–water partition coefficient (Wildman–Crippen LogP) is 1.31. The molecule has 1 heterocycles. The Balaban J connectivity index is 2.08. The van der Waals surface area contributed by atoms with Gasteiger partial charge in [0.05, 0.1) is 0 Å². The highest BCUT2D eigenvalue weighted by molar-refractivity contribution is 8.00. The minimum Gasteiger partial charge on any atom is -0.315 e. The second-order valence-corrected chi connectivity index (χ2v) is 3.60. The molecular formula is C7H14NS. The largest absolute Gasteiger partial charge is 0.315 e. The molecule has 9 heavy (non-hydrogen) atoms. The van der Waals surface area contributed by atoms with E-state index in [0.717, 1.165) is 5.25 Å². The molecule has 53 valence electrons. The molecule has 1 aliphatic heterocycles. The van der Waals surface area contributed by atoms with Crippen LogP contribution in [0.25, 0.3) is 0 Å². The van der Waals surface area contributed by atoms with Gasteiger partial charge in [-0.1, -0.05) is 13.3 Å². The summed E-state index contributed by atoms with van der Waals surface area (Å²) in [5.41, 5.74) is 0. The van der Waals surface area contributed by atoms with Gasteiger partial charge in [0.2, 0.25) is 0 Å². The van der Waals surface area contributed by atoms with Crippen LogP contribution in [0.15, 0.2) is 0 Å². The Morgan fingerprint density at radius 1 is 1.78 bits per heavy atom. The Morgan fingerprint density at radius 2 is 2.67 bits per heavy atom. The van der Waals surface area contributed by atoms with Crippen molar-refractivity contribution in [3.8, 4) is 0 Å². The van der Waals surface area contributed by atoms with E-state index in [0.29, 0.717) is 0 Å². The molecule has 1 fully saturated rings. The zero-order valence-electron chi connectivity index (χ0n) is 5.89. The van der Waals surface area contributed by atoms with Gasteiger partial charge < -0.3 is 5.32 Å².